The van der Waals surface area contributed by atoms with Crippen LogP contribution in [0.25, 0.3) is 11.2 Å². The fourth-order valence-electron chi connectivity index (χ4n) is 4.30. The number of benzene rings is 1. The van der Waals surface area contributed by atoms with Crippen LogP contribution in [0.1, 0.15) is 45.7 Å². The number of aryl methyl sites for hydroxylation is 1. The Bertz CT molecular complexity index is 1420. The lowest BCUT2D eigenvalue weighted by Gasteiger charge is -2.25. The van der Waals surface area contributed by atoms with Gasteiger partial charge in [-0.25, -0.2) is 23.9 Å². The Hall–Kier alpha value is -3.16. The summed E-state index contributed by atoms with van der Waals surface area (Å²) in [7, 11) is -4.25. The second-order valence-electron chi connectivity index (χ2n) is 10.4. The van der Waals surface area contributed by atoms with E-state index >= 15 is 4.39 Å². The maximum Gasteiger partial charge on any atom is 0.459 e. The lowest BCUT2D eigenvalue weighted by Crippen LogP contribution is -2.37. The number of imidazole rings is 1. The van der Waals surface area contributed by atoms with E-state index in [2.05, 4.69) is 25.4 Å². The van der Waals surface area contributed by atoms with E-state index in [1.54, 1.807) is 51.1 Å². The number of ether oxygens (including phenoxy) is 2. The van der Waals surface area contributed by atoms with Crippen LogP contribution in [0.3, 0.4) is 0 Å². The molecule has 1 saturated heterocycles. The van der Waals surface area contributed by atoms with Crippen LogP contribution in [0.15, 0.2) is 36.7 Å². The number of carbonyl (C=O) groups excluding carboxylic acids is 1. The average molecular weight is 593 g/mol. The summed E-state index contributed by atoms with van der Waals surface area (Å²) in [5, 5.41) is 16.6. The molecule has 6 atom stereocenters. The van der Waals surface area contributed by atoms with Crippen molar-refractivity contribution in [3.8, 4) is 5.75 Å². The highest BCUT2D eigenvalue weighted by molar-refractivity contribution is 7.52. The van der Waals surface area contributed by atoms with Gasteiger partial charge in [0, 0.05) is 6.04 Å². The zero-order valence-corrected chi connectivity index (χ0v) is 24.0. The van der Waals surface area contributed by atoms with Crippen molar-refractivity contribution in [3.63, 3.8) is 0 Å². The van der Waals surface area contributed by atoms with Gasteiger partial charge in [-0.3, -0.25) is 13.9 Å². The summed E-state index contributed by atoms with van der Waals surface area (Å²) in [5.74, 6) is 0.558. The number of aromatic nitrogens is 4. The lowest BCUT2D eigenvalue weighted by atomic mass is 10.1. The molecule has 1 aliphatic heterocycles. The Morgan fingerprint density at radius 2 is 1.98 bits per heavy atom. The van der Waals surface area contributed by atoms with Gasteiger partial charge in [0.25, 0.3) is 0 Å². The maximum atomic E-state index is 15.4. The third-order valence-electron chi connectivity index (χ3n) is 6.45. The van der Waals surface area contributed by atoms with Crippen molar-refractivity contribution in [1.82, 2.24) is 24.6 Å². The van der Waals surface area contributed by atoms with Gasteiger partial charge in [0.05, 0.1) is 19.0 Å². The van der Waals surface area contributed by atoms with Gasteiger partial charge >= 0.3 is 13.7 Å². The number of alkyl halides is 1. The Morgan fingerprint density at radius 1 is 1.24 bits per heavy atom. The van der Waals surface area contributed by atoms with Crippen molar-refractivity contribution < 1.29 is 37.4 Å². The summed E-state index contributed by atoms with van der Waals surface area (Å²) in [6.45, 7) is 6.02. The molecule has 13 nitrogen and oxygen atoms in total. The van der Waals surface area contributed by atoms with E-state index in [4.69, 9.17) is 18.5 Å². The monoisotopic (exact) mass is 592 g/mol. The first kappa shape index (κ1) is 29.3. The Kier molecular flexibility index (Phi) is 8.57. The quantitative estimate of drug-likeness (QED) is 0.208. The number of halogens is 1. The van der Waals surface area contributed by atoms with Gasteiger partial charge in [-0.2, -0.15) is 5.09 Å². The lowest BCUT2D eigenvalue weighted by molar-refractivity contribution is -0.149. The smallest absolute Gasteiger partial charge is 0.459 e. The van der Waals surface area contributed by atoms with Crippen LogP contribution < -0.4 is 14.9 Å². The van der Waals surface area contributed by atoms with Gasteiger partial charge in [-0.1, -0.05) is 18.2 Å². The third-order valence-corrected chi connectivity index (χ3v) is 8.10. The highest BCUT2D eigenvalue weighted by Crippen LogP contribution is 2.46. The molecule has 41 heavy (non-hydrogen) atoms. The number of aliphatic hydroxyl groups is 1. The molecule has 0 bridgehead atoms. The first-order valence-corrected chi connectivity index (χ1v) is 15.0. The van der Waals surface area contributed by atoms with Crippen molar-refractivity contribution in [2.75, 3.05) is 11.9 Å². The minimum Gasteiger partial charge on any atom is -0.462 e. The molecule has 3 aromatic rings. The molecule has 0 amide bonds. The predicted molar refractivity (Wildman–Crippen MR) is 146 cm³/mol. The third kappa shape index (κ3) is 6.84. The van der Waals surface area contributed by atoms with Gasteiger partial charge in [-0.05, 0) is 52.7 Å². The number of esters is 1. The SMILES string of the molecule is Cc1nc(NC2CC2)c2ncn([C@@H]3O[C@H](CO[P@](=O)(N[C@H](C)C(=O)OC(C)C)Oc4ccccc4)[C@@H](O)[C@@H]3F)c2n1. The fourth-order valence-corrected chi connectivity index (χ4v) is 5.81. The van der Waals surface area contributed by atoms with Crippen LogP contribution >= 0.6 is 7.75 Å². The van der Waals surface area contributed by atoms with E-state index in [9.17, 15) is 14.5 Å². The predicted octanol–water partition coefficient (Wildman–Crippen LogP) is 3.44. The van der Waals surface area contributed by atoms with Crippen LogP contribution in [0.4, 0.5) is 10.2 Å². The first-order chi connectivity index (χ1) is 19.5. The number of para-hydroxylation sites is 1. The van der Waals surface area contributed by atoms with Gasteiger partial charge in [0.2, 0.25) is 0 Å². The zero-order chi connectivity index (χ0) is 29.3. The largest absolute Gasteiger partial charge is 0.462 e. The molecule has 0 radical (unpaired) electrons. The number of rotatable bonds is 12. The van der Waals surface area contributed by atoms with E-state index < -0.39 is 57.1 Å². The summed E-state index contributed by atoms with van der Waals surface area (Å²) < 4.78 is 52.8. The molecule has 0 spiro atoms. The van der Waals surface area contributed by atoms with E-state index in [0.717, 1.165) is 12.8 Å². The van der Waals surface area contributed by atoms with E-state index in [0.29, 0.717) is 28.8 Å². The topological polar surface area (TPSA) is 159 Å². The average Bonchev–Trinajstić information content (AvgIpc) is 3.57. The number of carbonyl (C=O) groups is 1. The summed E-state index contributed by atoms with van der Waals surface area (Å²) >= 11 is 0. The number of anilines is 1. The van der Waals surface area contributed by atoms with Crippen molar-refractivity contribution in [3.05, 3.63) is 42.5 Å². The number of nitrogens with one attached hydrogen (secondary N) is 2. The Balaban J connectivity index is 1.32. The Labute approximate surface area is 236 Å². The van der Waals surface area contributed by atoms with E-state index in [-0.39, 0.29) is 5.75 Å². The second-order valence-corrected chi connectivity index (χ2v) is 12.1. The highest BCUT2D eigenvalue weighted by Gasteiger charge is 2.47. The molecular formula is C26H34FN6O7P. The van der Waals surface area contributed by atoms with E-state index in [1.165, 1.54) is 17.8 Å². The fraction of sp³-hybridized carbons (Fsp3) is 0.538. The van der Waals surface area contributed by atoms with Crippen molar-refractivity contribution >= 4 is 30.7 Å². The van der Waals surface area contributed by atoms with Crippen molar-refractivity contribution in [2.45, 2.75) is 83.3 Å². The number of fused-ring (bicyclic) bond motifs is 1. The molecule has 2 aromatic heterocycles. The van der Waals surface area contributed by atoms with Gasteiger partial charge in [0.1, 0.15) is 29.8 Å². The normalized spacial score (nSPS) is 24.8. The Morgan fingerprint density at radius 3 is 2.66 bits per heavy atom. The first-order valence-electron chi connectivity index (χ1n) is 13.5. The molecular weight excluding hydrogens is 558 g/mol. The van der Waals surface area contributed by atoms with Crippen LogP contribution in [-0.2, 0) is 23.4 Å². The van der Waals surface area contributed by atoms with Crippen molar-refractivity contribution in [1.29, 1.82) is 0 Å². The molecule has 1 aromatic carbocycles. The minimum absolute atomic E-state index is 0.206. The molecule has 0 unspecified atom stereocenters. The van der Waals surface area contributed by atoms with Crippen LogP contribution in [0, 0.1) is 6.92 Å². The standard InChI is InChI=1S/C26H34FN6O7P/c1-14(2)38-26(35)15(3)32-41(36,40-18-8-6-5-7-9-18)37-12-19-22(34)20(27)25(39-19)33-13-28-21-23(31-17-10-11-17)29-16(4)30-24(21)33/h5-9,13-15,17,19-20,22,25,34H,10-12H2,1-4H3,(H,32,36)(H,29,30,31)/t15-,19-,20+,22-,25-,41-/m1/s1. The summed E-state index contributed by atoms with van der Waals surface area (Å²) in [4.78, 5) is 25.6. The molecule has 2 fully saturated rings. The number of nitrogens with zero attached hydrogens (tertiary/aromatic N) is 4. The molecule has 2 aliphatic rings. The van der Waals surface area contributed by atoms with E-state index in [1.807, 2.05) is 0 Å². The molecule has 15 heteroatoms. The van der Waals surface area contributed by atoms with Crippen molar-refractivity contribution in [2.24, 2.45) is 0 Å². The molecule has 3 heterocycles. The molecule has 1 aliphatic carbocycles. The molecule has 5 rings (SSSR count). The number of aliphatic hydroxyl groups excluding tert-OH is 1. The second kappa shape index (κ2) is 12.0. The summed E-state index contributed by atoms with van der Waals surface area (Å²) in [6.07, 6.45) is -2.96. The highest BCUT2D eigenvalue weighted by atomic mass is 31.2. The minimum atomic E-state index is -4.25. The molecule has 222 valence electrons. The van der Waals surface area contributed by atoms with Crippen LogP contribution in [0.5, 0.6) is 5.75 Å². The maximum absolute atomic E-state index is 15.4. The zero-order valence-electron chi connectivity index (χ0n) is 23.1. The number of hydrogen-bond donors (Lipinski definition) is 3. The number of hydrogen-bond acceptors (Lipinski definition) is 11. The molecule has 3 N–H and O–H groups in total. The van der Waals surface area contributed by atoms with Gasteiger partial charge in [-0.15, -0.1) is 0 Å². The van der Waals surface area contributed by atoms with Crippen LogP contribution in [0.2, 0.25) is 0 Å². The summed E-state index contributed by atoms with van der Waals surface area (Å²) in [6, 6.07) is 7.45. The van der Waals surface area contributed by atoms with Gasteiger partial charge in [0.15, 0.2) is 29.4 Å². The van der Waals surface area contributed by atoms with Crippen LogP contribution in [-0.4, -0.2) is 73.8 Å². The van der Waals surface area contributed by atoms with Gasteiger partial charge < -0.3 is 24.4 Å². The molecule has 1 saturated carbocycles. The summed E-state index contributed by atoms with van der Waals surface area (Å²) in [5.41, 5.74) is 0.805.